The first-order valence-electron chi connectivity index (χ1n) is 8.91. The molecule has 142 valence electrons. The first kappa shape index (κ1) is 19.3. The molecular formula is C20H23N3O3S. The minimum atomic E-state index is -0.101. The second-order valence-electron chi connectivity index (χ2n) is 6.27. The molecular weight excluding hydrogens is 362 g/mol. The van der Waals surface area contributed by atoms with Gasteiger partial charge >= 0.3 is 0 Å². The Balaban J connectivity index is 1.81. The lowest BCUT2D eigenvalue weighted by Crippen LogP contribution is -2.28. The van der Waals surface area contributed by atoms with Crippen molar-refractivity contribution in [2.24, 2.45) is 0 Å². The van der Waals surface area contributed by atoms with Crippen LogP contribution in [-0.4, -0.2) is 35.7 Å². The van der Waals surface area contributed by atoms with Crippen LogP contribution < -0.4 is 10.9 Å². The smallest absolute Gasteiger partial charge is 0.262 e. The number of carbonyl (C=O) groups is 1. The van der Waals surface area contributed by atoms with Crippen LogP contribution in [0.5, 0.6) is 0 Å². The third-order valence-corrected chi connectivity index (χ3v) is 5.36. The number of hydrogen-bond acceptors (Lipinski definition) is 5. The molecule has 1 aromatic carbocycles. The van der Waals surface area contributed by atoms with Gasteiger partial charge in [-0.3, -0.25) is 14.2 Å². The molecule has 27 heavy (non-hydrogen) atoms. The highest BCUT2D eigenvalue weighted by molar-refractivity contribution is 7.19. The van der Waals surface area contributed by atoms with Gasteiger partial charge in [-0.1, -0.05) is 30.3 Å². The van der Waals surface area contributed by atoms with Gasteiger partial charge in [0.2, 0.25) is 5.91 Å². The van der Waals surface area contributed by atoms with Crippen LogP contribution >= 0.6 is 11.3 Å². The Bertz CT molecular complexity index is 979. The lowest BCUT2D eigenvalue weighted by Gasteiger charge is -2.07. The summed E-state index contributed by atoms with van der Waals surface area (Å²) in [6, 6.07) is 9.87. The number of nitrogens with zero attached hydrogens (tertiary/aromatic N) is 2. The molecule has 0 bridgehead atoms. The quantitative estimate of drug-likeness (QED) is 0.605. The van der Waals surface area contributed by atoms with E-state index in [1.54, 1.807) is 7.11 Å². The standard InChI is InChI=1S/C20H23N3O3S/c1-14-17(15-7-4-3-5-8-15)18-19(27-14)22-13-23(20(18)25)11-9-16(24)21-10-6-12-26-2/h3-5,7-8,13H,6,9-12H2,1-2H3,(H,21,24). The van der Waals surface area contributed by atoms with Crippen molar-refractivity contribution in [3.05, 3.63) is 51.9 Å². The van der Waals surface area contributed by atoms with E-state index in [0.29, 0.717) is 25.1 Å². The summed E-state index contributed by atoms with van der Waals surface area (Å²) in [5.74, 6) is -0.0807. The summed E-state index contributed by atoms with van der Waals surface area (Å²) in [5.41, 5.74) is 1.84. The molecule has 3 aromatic rings. The highest BCUT2D eigenvalue weighted by atomic mass is 32.1. The zero-order valence-corrected chi connectivity index (χ0v) is 16.3. The topological polar surface area (TPSA) is 73.2 Å². The monoisotopic (exact) mass is 385 g/mol. The average molecular weight is 385 g/mol. The van der Waals surface area contributed by atoms with Gasteiger partial charge in [0.25, 0.3) is 5.56 Å². The Morgan fingerprint density at radius 3 is 2.81 bits per heavy atom. The molecule has 0 fully saturated rings. The predicted molar refractivity (Wildman–Crippen MR) is 108 cm³/mol. The minimum Gasteiger partial charge on any atom is -0.385 e. The van der Waals surface area contributed by atoms with Crippen LogP contribution in [0.2, 0.25) is 0 Å². The number of benzene rings is 1. The van der Waals surface area contributed by atoms with Gasteiger partial charge in [0.05, 0.1) is 11.7 Å². The summed E-state index contributed by atoms with van der Waals surface area (Å²) in [5, 5.41) is 3.46. The van der Waals surface area contributed by atoms with Crippen LogP contribution in [0.1, 0.15) is 17.7 Å². The van der Waals surface area contributed by atoms with Gasteiger partial charge in [-0.25, -0.2) is 4.98 Å². The molecule has 2 heterocycles. The van der Waals surface area contributed by atoms with Crippen LogP contribution in [0.25, 0.3) is 21.3 Å². The third kappa shape index (κ3) is 4.43. The molecule has 0 radical (unpaired) electrons. The van der Waals surface area contributed by atoms with E-state index in [2.05, 4.69) is 10.3 Å². The second-order valence-corrected chi connectivity index (χ2v) is 7.47. The van der Waals surface area contributed by atoms with Crippen LogP contribution in [0, 0.1) is 6.92 Å². The van der Waals surface area contributed by atoms with E-state index in [-0.39, 0.29) is 17.9 Å². The van der Waals surface area contributed by atoms with Crippen molar-refractivity contribution in [1.82, 2.24) is 14.9 Å². The maximum absolute atomic E-state index is 13.0. The summed E-state index contributed by atoms with van der Waals surface area (Å²) in [6.45, 7) is 3.49. The fraction of sp³-hybridized carbons (Fsp3) is 0.350. The van der Waals surface area contributed by atoms with Crippen LogP contribution in [-0.2, 0) is 16.1 Å². The molecule has 0 aliphatic carbocycles. The Kier molecular flexibility index (Phi) is 6.36. The van der Waals surface area contributed by atoms with Crippen molar-refractivity contribution < 1.29 is 9.53 Å². The molecule has 0 atom stereocenters. The summed E-state index contributed by atoms with van der Waals surface area (Å²) in [6.07, 6.45) is 2.54. The highest BCUT2D eigenvalue weighted by Crippen LogP contribution is 2.35. The fourth-order valence-corrected chi connectivity index (χ4v) is 4.01. The molecule has 0 spiro atoms. The zero-order chi connectivity index (χ0) is 19.2. The number of thiophene rings is 1. The molecule has 6 nitrogen and oxygen atoms in total. The van der Waals surface area contributed by atoms with Crippen molar-refractivity contribution in [1.29, 1.82) is 0 Å². The van der Waals surface area contributed by atoms with Crippen LogP contribution in [0.3, 0.4) is 0 Å². The molecule has 0 aliphatic rings. The number of aryl methyl sites for hydroxylation is 2. The zero-order valence-electron chi connectivity index (χ0n) is 15.5. The van der Waals surface area contributed by atoms with Gasteiger partial charge in [0.15, 0.2) is 0 Å². The van der Waals surface area contributed by atoms with Crippen molar-refractivity contribution in [3.8, 4) is 11.1 Å². The van der Waals surface area contributed by atoms with Crippen LogP contribution in [0.15, 0.2) is 41.5 Å². The third-order valence-electron chi connectivity index (χ3n) is 4.34. The number of methoxy groups -OCH3 is 1. The first-order valence-corrected chi connectivity index (χ1v) is 9.73. The summed E-state index contributed by atoms with van der Waals surface area (Å²) >= 11 is 1.52. The highest BCUT2D eigenvalue weighted by Gasteiger charge is 2.17. The summed E-state index contributed by atoms with van der Waals surface area (Å²) in [7, 11) is 1.63. The van der Waals surface area contributed by atoms with E-state index in [0.717, 1.165) is 27.3 Å². The van der Waals surface area contributed by atoms with E-state index >= 15 is 0 Å². The average Bonchev–Trinajstić information content (AvgIpc) is 3.02. The number of carbonyl (C=O) groups excluding carboxylic acids is 1. The normalized spacial score (nSPS) is 11.0. The molecule has 0 saturated heterocycles. The van der Waals surface area contributed by atoms with Gasteiger partial charge in [-0.2, -0.15) is 0 Å². The Morgan fingerprint density at radius 2 is 2.07 bits per heavy atom. The molecule has 3 rings (SSSR count). The van der Waals surface area contributed by atoms with Gasteiger partial charge in [-0.15, -0.1) is 11.3 Å². The summed E-state index contributed by atoms with van der Waals surface area (Å²) < 4.78 is 6.48. The molecule has 0 aliphatic heterocycles. The van der Waals surface area contributed by atoms with Gasteiger partial charge in [0.1, 0.15) is 4.83 Å². The number of hydrogen-bond donors (Lipinski definition) is 1. The van der Waals surface area contributed by atoms with E-state index in [4.69, 9.17) is 4.74 Å². The maximum Gasteiger partial charge on any atom is 0.262 e. The van der Waals surface area contributed by atoms with Crippen molar-refractivity contribution in [2.45, 2.75) is 26.3 Å². The number of rotatable bonds is 8. The molecule has 0 unspecified atom stereocenters. The molecule has 1 amide bonds. The van der Waals surface area contributed by atoms with Gasteiger partial charge in [0, 0.05) is 43.7 Å². The minimum absolute atomic E-state index is 0.0807. The number of nitrogens with one attached hydrogen (secondary N) is 1. The lowest BCUT2D eigenvalue weighted by atomic mass is 10.0. The number of fused-ring (bicyclic) bond motifs is 1. The molecule has 7 heteroatoms. The van der Waals surface area contributed by atoms with E-state index in [9.17, 15) is 9.59 Å². The van der Waals surface area contributed by atoms with Crippen molar-refractivity contribution in [2.75, 3.05) is 20.3 Å². The largest absolute Gasteiger partial charge is 0.385 e. The fourth-order valence-electron chi connectivity index (χ4n) is 3.00. The molecule has 0 saturated carbocycles. The van der Waals surface area contributed by atoms with Crippen LogP contribution in [0.4, 0.5) is 0 Å². The SMILES string of the molecule is COCCCNC(=O)CCn1cnc2sc(C)c(-c3ccccc3)c2c1=O. The maximum atomic E-state index is 13.0. The van der Waals surface area contributed by atoms with E-state index in [1.807, 2.05) is 37.3 Å². The van der Waals surface area contributed by atoms with E-state index in [1.165, 1.54) is 22.2 Å². The van der Waals surface area contributed by atoms with Crippen molar-refractivity contribution >= 4 is 27.5 Å². The first-order chi connectivity index (χ1) is 13.1. The number of aromatic nitrogens is 2. The van der Waals surface area contributed by atoms with E-state index < -0.39 is 0 Å². The Hall–Kier alpha value is -2.51. The van der Waals surface area contributed by atoms with Gasteiger partial charge < -0.3 is 10.1 Å². The Morgan fingerprint density at radius 1 is 1.30 bits per heavy atom. The van der Waals surface area contributed by atoms with Crippen molar-refractivity contribution in [3.63, 3.8) is 0 Å². The molecule has 1 N–H and O–H groups in total. The predicted octanol–water partition coefficient (Wildman–Crippen LogP) is 2.98. The Labute approximate surface area is 161 Å². The second kappa shape index (κ2) is 8.92. The lowest BCUT2D eigenvalue weighted by molar-refractivity contribution is -0.121. The number of amides is 1. The molecule has 2 aromatic heterocycles. The van der Waals surface area contributed by atoms with Gasteiger partial charge in [-0.05, 0) is 18.9 Å². The summed E-state index contributed by atoms with van der Waals surface area (Å²) in [4.78, 5) is 31.2. The number of ether oxygens (including phenoxy) is 1.